The Morgan fingerprint density at radius 2 is 1.86 bits per heavy atom. The van der Waals surface area contributed by atoms with Crippen molar-refractivity contribution in [3.05, 3.63) is 87.1 Å². The van der Waals surface area contributed by atoms with Crippen LogP contribution in [0.5, 0.6) is 5.75 Å². The molecule has 36 heavy (non-hydrogen) atoms. The fourth-order valence-electron chi connectivity index (χ4n) is 4.83. The molecule has 0 fully saturated rings. The molecule has 2 heterocycles. The minimum Gasteiger partial charge on any atom is -0.497 e. The van der Waals surface area contributed by atoms with Gasteiger partial charge in [0.05, 0.1) is 13.2 Å². The Morgan fingerprint density at radius 1 is 1.11 bits per heavy atom. The van der Waals surface area contributed by atoms with Crippen LogP contribution in [-0.4, -0.2) is 48.4 Å². The second-order valence-electron chi connectivity index (χ2n) is 10.4. The third-order valence-corrected chi connectivity index (χ3v) is 7.80. The number of carbonyl (C=O) groups is 2. The third kappa shape index (κ3) is 5.49. The lowest BCUT2D eigenvalue weighted by Crippen LogP contribution is -2.47. The van der Waals surface area contributed by atoms with Crippen molar-refractivity contribution in [2.45, 2.75) is 52.0 Å². The molecule has 0 spiro atoms. The molecule has 6 heteroatoms. The van der Waals surface area contributed by atoms with Crippen molar-refractivity contribution in [1.29, 1.82) is 0 Å². The number of fused-ring (bicyclic) bond motifs is 1. The summed E-state index contributed by atoms with van der Waals surface area (Å²) in [4.78, 5) is 32.1. The number of nitrogens with zero attached hydrogens (tertiary/aromatic N) is 2. The molecule has 190 valence electrons. The number of methoxy groups -OCH3 is 1. The predicted molar refractivity (Wildman–Crippen MR) is 146 cm³/mol. The molecule has 5 nitrogen and oxygen atoms in total. The molecule has 0 bridgehead atoms. The maximum Gasteiger partial charge on any atom is 0.254 e. The molecule has 1 unspecified atom stereocenters. The molecule has 1 atom stereocenters. The van der Waals surface area contributed by atoms with Gasteiger partial charge in [-0.1, -0.05) is 58.0 Å². The van der Waals surface area contributed by atoms with Gasteiger partial charge in [-0.05, 0) is 64.6 Å². The van der Waals surface area contributed by atoms with Crippen molar-refractivity contribution < 1.29 is 14.3 Å². The molecule has 4 rings (SSSR count). The highest BCUT2D eigenvalue weighted by atomic mass is 32.1. The first-order valence-electron chi connectivity index (χ1n) is 12.6. The Morgan fingerprint density at radius 3 is 2.53 bits per heavy atom. The molecule has 0 N–H and O–H groups in total. The summed E-state index contributed by atoms with van der Waals surface area (Å²) in [5, 5.41) is 2.12. The molecule has 2 aromatic carbocycles. The van der Waals surface area contributed by atoms with Crippen LogP contribution in [0.2, 0.25) is 0 Å². The van der Waals surface area contributed by atoms with E-state index in [0.717, 1.165) is 18.4 Å². The van der Waals surface area contributed by atoms with Crippen LogP contribution >= 0.6 is 11.3 Å². The molecule has 0 aliphatic carbocycles. The fraction of sp³-hybridized carbons (Fsp3) is 0.400. The van der Waals surface area contributed by atoms with Crippen LogP contribution in [0.15, 0.2) is 60.0 Å². The second-order valence-corrected chi connectivity index (χ2v) is 11.4. The highest BCUT2D eigenvalue weighted by molar-refractivity contribution is 7.10. The van der Waals surface area contributed by atoms with E-state index in [1.165, 1.54) is 16.0 Å². The Hall–Kier alpha value is -3.12. The van der Waals surface area contributed by atoms with E-state index < -0.39 is 0 Å². The second kappa shape index (κ2) is 10.9. The molecule has 0 saturated carbocycles. The summed E-state index contributed by atoms with van der Waals surface area (Å²) in [7, 11) is 1.58. The maximum absolute atomic E-state index is 13.8. The zero-order chi connectivity index (χ0) is 25.9. The van der Waals surface area contributed by atoms with Gasteiger partial charge in [-0.2, -0.15) is 0 Å². The lowest BCUT2D eigenvalue weighted by atomic mass is 9.85. The average molecular weight is 505 g/mol. The SMILES string of the molecule is CCCN(CC(=O)N1CCc2sccc2C1c1ccc(C(C)(C)C)cc1)C(=O)c1cccc(OC)c1. The first-order valence-corrected chi connectivity index (χ1v) is 13.5. The Bertz CT molecular complexity index is 1210. The maximum atomic E-state index is 13.8. The molecule has 2 amide bonds. The number of amides is 2. The summed E-state index contributed by atoms with van der Waals surface area (Å²) >= 11 is 1.76. The summed E-state index contributed by atoms with van der Waals surface area (Å²) in [6, 6.07) is 17.8. The summed E-state index contributed by atoms with van der Waals surface area (Å²) < 4.78 is 5.29. The van der Waals surface area contributed by atoms with E-state index in [-0.39, 0.29) is 29.8 Å². The van der Waals surface area contributed by atoms with E-state index in [1.54, 1.807) is 41.5 Å². The highest BCUT2D eigenvalue weighted by Crippen LogP contribution is 2.38. The van der Waals surface area contributed by atoms with Gasteiger partial charge in [0, 0.05) is 23.5 Å². The van der Waals surface area contributed by atoms with E-state index in [1.807, 2.05) is 17.9 Å². The van der Waals surface area contributed by atoms with Crippen LogP contribution in [0.1, 0.15) is 72.1 Å². The number of thiophene rings is 1. The number of carbonyl (C=O) groups excluding carboxylic acids is 2. The van der Waals surface area contributed by atoms with E-state index in [2.05, 4.69) is 56.5 Å². The van der Waals surface area contributed by atoms with Crippen molar-refractivity contribution in [2.75, 3.05) is 26.7 Å². The monoisotopic (exact) mass is 504 g/mol. The van der Waals surface area contributed by atoms with E-state index in [0.29, 0.717) is 24.4 Å². The Kier molecular flexibility index (Phi) is 7.84. The number of benzene rings is 2. The van der Waals surface area contributed by atoms with Crippen molar-refractivity contribution in [1.82, 2.24) is 9.80 Å². The molecular formula is C30H36N2O3S. The van der Waals surface area contributed by atoms with Gasteiger partial charge in [0.2, 0.25) is 5.91 Å². The van der Waals surface area contributed by atoms with Crippen molar-refractivity contribution in [3.8, 4) is 5.75 Å². The smallest absolute Gasteiger partial charge is 0.254 e. The number of ether oxygens (including phenoxy) is 1. The van der Waals surface area contributed by atoms with Gasteiger partial charge < -0.3 is 14.5 Å². The molecule has 1 aliphatic heterocycles. The summed E-state index contributed by atoms with van der Waals surface area (Å²) in [6.45, 7) is 9.86. The zero-order valence-electron chi connectivity index (χ0n) is 21.9. The predicted octanol–water partition coefficient (Wildman–Crippen LogP) is 6.08. The lowest BCUT2D eigenvalue weighted by molar-refractivity contribution is -0.134. The highest BCUT2D eigenvalue weighted by Gasteiger charge is 2.34. The number of hydrogen-bond acceptors (Lipinski definition) is 4. The lowest BCUT2D eigenvalue weighted by Gasteiger charge is -2.38. The van der Waals surface area contributed by atoms with Gasteiger partial charge in [-0.3, -0.25) is 9.59 Å². The van der Waals surface area contributed by atoms with Crippen molar-refractivity contribution >= 4 is 23.2 Å². The third-order valence-electron chi connectivity index (χ3n) is 6.80. The van der Waals surface area contributed by atoms with Crippen molar-refractivity contribution in [2.24, 2.45) is 0 Å². The summed E-state index contributed by atoms with van der Waals surface area (Å²) in [5.41, 5.74) is 4.17. The number of rotatable bonds is 7. The van der Waals surface area contributed by atoms with Crippen LogP contribution in [0, 0.1) is 0 Å². The summed E-state index contributed by atoms with van der Waals surface area (Å²) in [5.74, 6) is 0.452. The van der Waals surface area contributed by atoms with Gasteiger partial charge in [0.25, 0.3) is 5.91 Å². The van der Waals surface area contributed by atoms with Gasteiger partial charge in [0.15, 0.2) is 0 Å². The van der Waals surface area contributed by atoms with Crippen LogP contribution in [0.3, 0.4) is 0 Å². The molecular weight excluding hydrogens is 468 g/mol. The Labute approximate surface area is 218 Å². The first kappa shape index (κ1) is 26.0. The van der Waals surface area contributed by atoms with Gasteiger partial charge >= 0.3 is 0 Å². The minimum atomic E-state index is -0.150. The molecule has 1 aromatic heterocycles. The number of hydrogen-bond donors (Lipinski definition) is 0. The van der Waals surface area contributed by atoms with Crippen LogP contribution < -0.4 is 4.74 Å². The molecule has 1 aliphatic rings. The first-order chi connectivity index (χ1) is 17.2. The van der Waals surface area contributed by atoms with Crippen LogP contribution in [-0.2, 0) is 16.6 Å². The van der Waals surface area contributed by atoms with Gasteiger partial charge in [-0.25, -0.2) is 0 Å². The minimum absolute atomic E-state index is 0.0264. The summed E-state index contributed by atoms with van der Waals surface area (Å²) in [6.07, 6.45) is 1.61. The standard InChI is InChI=1S/C30H36N2O3S/c1-6-16-31(29(34)22-8-7-9-24(19-22)35-5)20-27(33)32-17-14-26-25(15-18-36-26)28(32)21-10-12-23(13-11-21)30(2,3)4/h7-13,15,18-19,28H,6,14,16-17,20H2,1-5H3. The van der Waals surface area contributed by atoms with E-state index in [9.17, 15) is 9.59 Å². The average Bonchev–Trinajstić information content (AvgIpc) is 3.36. The van der Waals surface area contributed by atoms with Gasteiger partial charge in [0.1, 0.15) is 12.3 Å². The Balaban J connectivity index is 1.61. The van der Waals surface area contributed by atoms with Gasteiger partial charge in [-0.15, -0.1) is 11.3 Å². The quantitative estimate of drug-likeness (QED) is 0.392. The largest absolute Gasteiger partial charge is 0.497 e. The topological polar surface area (TPSA) is 49.9 Å². The van der Waals surface area contributed by atoms with Crippen molar-refractivity contribution in [3.63, 3.8) is 0 Å². The van der Waals surface area contributed by atoms with Crippen LogP contribution in [0.4, 0.5) is 0 Å². The molecule has 0 radical (unpaired) electrons. The fourth-order valence-corrected chi connectivity index (χ4v) is 5.73. The van der Waals surface area contributed by atoms with E-state index in [4.69, 9.17) is 4.74 Å². The zero-order valence-corrected chi connectivity index (χ0v) is 22.7. The normalized spacial score (nSPS) is 15.4. The molecule has 3 aromatic rings. The van der Waals surface area contributed by atoms with Crippen LogP contribution in [0.25, 0.3) is 0 Å². The van der Waals surface area contributed by atoms with E-state index >= 15 is 0 Å². The molecule has 0 saturated heterocycles.